The van der Waals surface area contributed by atoms with Crippen molar-refractivity contribution in [2.75, 3.05) is 0 Å². The van der Waals surface area contributed by atoms with E-state index in [1.807, 2.05) is 0 Å². The molecule has 2 heterocycles. The monoisotopic (exact) mass is 278 g/mol. The number of rotatable bonds is 3. The smallest absolute Gasteiger partial charge is 0.241 e. The Kier molecular flexibility index (Phi) is 2.98. The predicted molar refractivity (Wildman–Crippen MR) is 78.0 cm³/mol. The highest BCUT2D eigenvalue weighted by molar-refractivity contribution is 7.12. The summed E-state index contributed by atoms with van der Waals surface area (Å²) in [4.78, 5) is 17.2. The van der Waals surface area contributed by atoms with Gasteiger partial charge in [0.2, 0.25) is 5.91 Å². The van der Waals surface area contributed by atoms with Gasteiger partial charge in [0.25, 0.3) is 0 Å². The molecule has 1 N–H and O–H groups in total. The van der Waals surface area contributed by atoms with Crippen molar-refractivity contribution in [3.05, 3.63) is 21.9 Å². The highest BCUT2D eigenvalue weighted by Gasteiger charge is 2.56. The van der Waals surface area contributed by atoms with Crippen LogP contribution >= 0.6 is 11.3 Å². The molecule has 0 spiro atoms. The third kappa shape index (κ3) is 2.11. The summed E-state index contributed by atoms with van der Waals surface area (Å²) >= 11 is 1.79. The lowest BCUT2D eigenvalue weighted by Crippen LogP contribution is -2.34. The molecular weight excluding hydrogens is 256 g/mol. The fourth-order valence-corrected chi connectivity index (χ4v) is 3.95. The molecule has 3 nitrogen and oxygen atoms in total. The third-order valence-electron chi connectivity index (χ3n) is 4.43. The Hall–Kier alpha value is -0.870. The molecule has 0 aromatic carbocycles. The topological polar surface area (TPSA) is 32.3 Å². The van der Waals surface area contributed by atoms with Gasteiger partial charge in [-0.15, -0.1) is 11.3 Å². The summed E-state index contributed by atoms with van der Waals surface area (Å²) in [5, 5.41) is 3.52. The summed E-state index contributed by atoms with van der Waals surface area (Å²) in [6.07, 6.45) is 2.07. The van der Waals surface area contributed by atoms with Crippen LogP contribution in [0.2, 0.25) is 0 Å². The van der Waals surface area contributed by atoms with E-state index in [-0.39, 0.29) is 23.5 Å². The summed E-state index contributed by atoms with van der Waals surface area (Å²) < 4.78 is 0. The van der Waals surface area contributed by atoms with Gasteiger partial charge in [-0.25, -0.2) is 0 Å². The fraction of sp³-hybridized carbons (Fsp3) is 0.667. The van der Waals surface area contributed by atoms with Crippen LogP contribution in [0.5, 0.6) is 0 Å². The van der Waals surface area contributed by atoms with E-state index in [1.54, 1.807) is 11.3 Å². The SMILES string of the molecule is CCC1NC(c2ccc(C)s2)N(C2CC2(C)C)C1=O. The number of hydrogen-bond acceptors (Lipinski definition) is 3. The highest BCUT2D eigenvalue weighted by Crippen LogP contribution is 2.52. The first kappa shape index (κ1) is 13.1. The molecule has 2 fully saturated rings. The molecule has 1 saturated carbocycles. The van der Waals surface area contributed by atoms with Crippen molar-refractivity contribution in [3.63, 3.8) is 0 Å². The Morgan fingerprint density at radius 2 is 2.16 bits per heavy atom. The molecule has 3 rings (SSSR count). The first-order chi connectivity index (χ1) is 8.94. The average molecular weight is 278 g/mol. The Morgan fingerprint density at radius 1 is 1.47 bits per heavy atom. The molecule has 0 radical (unpaired) electrons. The van der Waals surface area contributed by atoms with Gasteiger partial charge >= 0.3 is 0 Å². The zero-order valence-corrected chi connectivity index (χ0v) is 12.9. The fourth-order valence-electron chi connectivity index (χ4n) is 3.01. The minimum absolute atomic E-state index is 0.0104. The lowest BCUT2D eigenvalue weighted by molar-refractivity contribution is -0.131. The predicted octanol–water partition coefficient (Wildman–Crippen LogP) is 3.06. The zero-order chi connectivity index (χ0) is 13.8. The van der Waals surface area contributed by atoms with Crippen molar-refractivity contribution in [1.82, 2.24) is 10.2 Å². The number of nitrogens with zero attached hydrogens (tertiary/aromatic N) is 1. The van der Waals surface area contributed by atoms with Crippen molar-refractivity contribution in [2.45, 2.75) is 58.8 Å². The van der Waals surface area contributed by atoms with Crippen molar-refractivity contribution < 1.29 is 4.79 Å². The maximum Gasteiger partial charge on any atom is 0.241 e. The first-order valence-electron chi connectivity index (χ1n) is 7.08. The summed E-state index contributed by atoms with van der Waals surface area (Å²) in [6.45, 7) is 8.70. The average Bonchev–Trinajstić information content (AvgIpc) is 2.72. The van der Waals surface area contributed by atoms with Crippen molar-refractivity contribution in [1.29, 1.82) is 0 Å². The summed E-state index contributed by atoms with van der Waals surface area (Å²) in [7, 11) is 0. The number of thiophene rings is 1. The van der Waals surface area contributed by atoms with Crippen LogP contribution in [0.3, 0.4) is 0 Å². The molecule has 104 valence electrons. The Bertz CT molecular complexity index is 508. The molecule has 1 saturated heterocycles. The molecule has 1 aliphatic carbocycles. The molecule has 1 aromatic rings. The molecule has 1 aromatic heterocycles. The Balaban J connectivity index is 1.91. The highest BCUT2D eigenvalue weighted by atomic mass is 32.1. The van der Waals surface area contributed by atoms with E-state index in [2.05, 4.69) is 50.0 Å². The summed E-state index contributed by atoms with van der Waals surface area (Å²) in [5.74, 6) is 0.286. The number of carbonyl (C=O) groups is 1. The first-order valence-corrected chi connectivity index (χ1v) is 7.90. The molecule has 1 aliphatic heterocycles. The second kappa shape index (κ2) is 4.32. The molecule has 3 atom stereocenters. The minimum Gasteiger partial charge on any atom is -0.317 e. The van der Waals surface area contributed by atoms with Crippen LogP contribution in [0.1, 0.15) is 49.5 Å². The Labute approximate surface area is 119 Å². The lowest BCUT2D eigenvalue weighted by atomic mass is 10.1. The maximum atomic E-state index is 12.6. The molecule has 19 heavy (non-hydrogen) atoms. The van der Waals surface area contributed by atoms with E-state index in [1.165, 1.54) is 9.75 Å². The van der Waals surface area contributed by atoms with Crippen LogP contribution in [0.15, 0.2) is 12.1 Å². The number of nitrogens with one attached hydrogen (secondary N) is 1. The van der Waals surface area contributed by atoms with Gasteiger partial charge in [0.15, 0.2) is 0 Å². The van der Waals surface area contributed by atoms with E-state index in [4.69, 9.17) is 0 Å². The van der Waals surface area contributed by atoms with Gasteiger partial charge in [0.05, 0.1) is 6.04 Å². The molecule has 1 amide bonds. The second-order valence-corrected chi connectivity index (χ2v) is 7.75. The number of carbonyl (C=O) groups excluding carboxylic acids is 1. The third-order valence-corrected chi connectivity index (χ3v) is 5.48. The maximum absolute atomic E-state index is 12.6. The normalized spacial score (nSPS) is 32.9. The van der Waals surface area contributed by atoms with Gasteiger partial charge in [-0.3, -0.25) is 10.1 Å². The van der Waals surface area contributed by atoms with Gasteiger partial charge in [0.1, 0.15) is 6.17 Å². The molecule has 2 aliphatic rings. The minimum atomic E-state index is -0.0104. The largest absolute Gasteiger partial charge is 0.317 e. The van der Waals surface area contributed by atoms with Gasteiger partial charge in [-0.1, -0.05) is 20.8 Å². The number of hydrogen-bond donors (Lipinski definition) is 1. The molecule has 0 bridgehead atoms. The second-order valence-electron chi connectivity index (χ2n) is 6.43. The number of aryl methyl sites for hydroxylation is 1. The van der Waals surface area contributed by atoms with Gasteiger partial charge in [-0.2, -0.15) is 0 Å². The quantitative estimate of drug-likeness (QED) is 0.921. The van der Waals surface area contributed by atoms with E-state index < -0.39 is 0 Å². The van der Waals surface area contributed by atoms with Crippen molar-refractivity contribution in [2.24, 2.45) is 5.41 Å². The standard InChI is InChI=1S/C15H22N2OS/c1-5-10-14(18)17(12-8-15(12,3)4)13(16-10)11-7-6-9(2)19-11/h6-7,10,12-13,16H,5,8H2,1-4H3. The zero-order valence-electron chi connectivity index (χ0n) is 12.1. The number of amides is 1. The van der Waals surface area contributed by atoms with Crippen LogP contribution < -0.4 is 5.32 Å². The van der Waals surface area contributed by atoms with Gasteiger partial charge < -0.3 is 4.90 Å². The van der Waals surface area contributed by atoms with Crippen LogP contribution in [-0.4, -0.2) is 22.9 Å². The van der Waals surface area contributed by atoms with Crippen LogP contribution in [0.25, 0.3) is 0 Å². The molecule has 3 unspecified atom stereocenters. The summed E-state index contributed by atoms with van der Waals surface area (Å²) in [5.41, 5.74) is 0.282. The van der Waals surface area contributed by atoms with E-state index >= 15 is 0 Å². The Morgan fingerprint density at radius 3 is 2.63 bits per heavy atom. The van der Waals surface area contributed by atoms with Crippen LogP contribution in [-0.2, 0) is 4.79 Å². The van der Waals surface area contributed by atoms with Crippen LogP contribution in [0.4, 0.5) is 0 Å². The lowest BCUT2D eigenvalue weighted by Gasteiger charge is -2.25. The van der Waals surface area contributed by atoms with E-state index in [0.29, 0.717) is 6.04 Å². The van der Waals surface area contributed by atoms with E-state index in [0.717, 1.165) is 12.8 Å². The van der Waals surface area contributed by atoms with Gasteiger partial charge in [-0.05, 0) is 37.3 Å². The summed E-state index contributed by atoms with van der Waals surface area (Å²) in [6, 6.07) is 4.69. The van der Waals surface area contributed by atoms with Crippen LogP contribution in [0, 0.1) is 12.3 Å². The van der Waals surface area contributed by atoms with E-state index in [9.17, 15) is 4.79 Å². The molecular formula is C15H22N2OS. The van der Waals surface area contributed by atoms with Gasteiger partial charge in [0, 0.05) is 15.8 Å². The van der Waals surface area contributed by atoms with Crippen molar-refractivity contribution in [3.8, 4) is 0 Å². The molecule has 4 heteroatoms. The van der Waals surface area contributed by atoms with Crippen molar-refractivity contribution >= 4 is 17.2 Å².